The summed E-state index contributed by atoms with van der Waals surface area (Å²) >= 11 is 0. The van der Waals surface area contributed by atoms with Crippen molar-refractivity contribution in [2.75, 3.05) is 9.80 Å². The first-order valence-electron chi connectivity index (χ1n) is 16.6. The molecule has 0 unspecified atom stereocenters. The summed E-state index contributed by atoms with van der Waals surface area (Å²) in [6.45, 7) is 0. The van der Waals surface area contributed by atoms with Crippen LogP contribution in [0.15, 0.2) is 145 Å². The molecule has 6 aromatic carbocycles. The van der Waals surface area contributed by atoms with Gasteiger partial charge in [-0.2, -0.15) is 26.3 Å². The average Bonchev–Trinajstić information content (AvgIpc) is 3.61. The van der Waals surface area contributed by atoms with Crippen LogP contribution in [0.4, 0.5) is 49.4 Å². The molecule has 1 aliphatic heterocycles. The van der Waals surface area contributed by atoms with Crippen LogP contribution in [-0.4, -0.2) is 21.5 Å². The second-order valence-electron chi connectivity index (χ2n) is 12.7. The molecule has 0 radical (unpaired) electrons. The number of halogens is 6. The Morgan fingerprint density at radius 2 is 0.833 bits per heavy atom. The summed E-state index contributed by atoms with van der Waals surface area (Å²) < 4.78 is 88.2. The van der Waals surface area contributed by atoms with Crippen molar-refractivity contribution in [1.29, 1.82) is 0 Å². The van der Waals surface area contributed by atoms with Gasteiger partial charge in [-0.25, -0.2) is 9.97 Å². The molecular weight excluding hydrogens is 706 g/mol. The number of nitrogens with zero attached hydrogens (tertiary/aromatic N) is 4. The fourth-order valence-corrected chi connectivity index (χ4v) is 7.33. The van der Waals surface area contributed by atoms with E-state index in [9.17, 15) is 35.9 Å². The number of anilines is 4. The summed E-state index contributed by atoms with van der Waals surface area (Å²) in [4.78, 5) is 39.9. The Labute approximate surface area is 301 Å². The predicted molar refractivity (Wildman–Crippen MR) is 193 cm³/mol. The number of ketones is 2. The van der Waals surface area contributed by atoms with Crippen LogP contribution in [0.2, 0.25) is 0 Å². The van der Waals surface area contributed by atoms with Crippen LogP contribution < -0.4 is 9.80 Å². The van der Waals surface area contributed by atoms with E-state index in [1.165, 1.54) is 42.5 Å². The van der Waals surface area contributed by atoms with Gasteiger partial charge in [0.1, 0.15) is 5.82 Å². The van der Waals surface area contributed by atoms with Crippen molar-refractivity contribution in [3.05, 3.63) is 167 Å². The Morgan fingerprint density at radius 1 is 0.463 bits per heavy atom. The maximum absolute atomic E-state index is 14.7. The molecule has 0 N–H and O–H groups in total. The van der Waals surface area contributed by atoms with Gasteiger partial charge in [0.25, 0.3) is 0 Å². The van der Waals surface area contributed by atoms with E-state index in [0.717, 1.165) is 38.8 Å². The molecule has 2 heterocycles. The van der Waals surface area contributed by atoms with Crippen LogP contribution in [0.25, 0.3) is 32.6 Å². The van der Waals surface area contributed by atoms with E-state index >= 15 is 0 Å². The fraction of sp³-hybridized carbons (Fsp3) is 0.0476. The van der Waals surface area contributed by atoms with Crippen molar-refractivity contribution in [3.63, 3.8) is 0 Å². The zero-order valence-corrected chi connectivity index (χ0v) is 27.6. The number of Topliss-reactive ketones (excluding diaryl/α,β-unsaturated/α-hetero) is 2. The Kier molecular flexibility index (Phi) is 7.25. The van der Waals surface area contributed by atoms with Gasteiger partial charge in [-0.3, -0.25) is 19.4 Å². The fourth-order valence-electron chi connectivity index (χ4n) is 7.33. The number of fused-ring (bicyclic) bond motifs is 8. The van der Waals surface area contributed by atoms with Crippen LogP contribution in [-0.2, 0) is 12.4 Å². The number of hydrogen-bond acceptors (Lipinski definition) is 6. The largest absolute Gasteiger partial charge is 0.418 e. The monoisotopic (exact) mass is 728 g/mol. The standard InChI is InChI=1S/C42H22F6N4O2/c43-41(44,45)28-15-5-9-19-32(28)51-34(22-21-27-37(53)35-25-13-3-1-11-23(25)24-12-2-4-14-26(24)36(35)38(27)54)52(33-20-10-6-16-29(33)42(46,47)48)40-39(51)49-30-17-7-8-18-31(30)50-40/h1-22H. The second-order valence-corrected chi connectivity index (χ2v) is 12.7. The first-order valence-corrected chi connectivity index (χ1v) is 16.6. The van der Waals surface area contributed by atoms with E-state index < -0.39 is 46.4 Å². The van der Waals surface area contributed by atoms with Crippen LogP contribution in [0.1, 0.15) is 31.8 Å². The van der Waals surface area contributed by atoms with Crippen LogP contribution in [0, 0.1) is 0 Å². The van der Waals surface area contributed by atoms with Crippen LogP contribution >= 0.6 is 0 Å². The summed E-state index contributed by atoms with van der Waals surface area (Å²) in [5.41, 5.74) is -2.57. The number of carbonyl (C=O) groups excluding carboxylic acids is 2. The summed E-state index contributed by atoms with van der Waals surface area (Å²) in [6.07, 6.45) is -7.47. The van der Waals surface area contributed by atoms with Gasteiger partial charge in [-0.1, -0.05) is 84.9 Å². The number of carbonyl (C=O) groups is 2. The van der Waals surface area contributed by atoms with E-state index in [1.54, 1.807) is 48.5 Å². The number of hydrogen-bond donors (Lipinski definition) is 0. The lowest BCUT2D eigenvalue weighted by molar-refractivity contribution is -0.137. The van der Waals surface area contributed by atoms with Crippen molar-refractivity contribution >= 4 is 67.2 Å². The van der Waals surface area contributed by atoms with E-state index in [1.807, 2.05) is 24.3 Å². The minimum Gasteiger partial charge on any atom is -0.288 e. The van der Waals surface area contributed by atoms with E-state index in [2.05, 4.69) is 9.97 Å². The lowest BCUT2D eigenvalue weighted by atomic mass is 9.93. The SMILES string of the molecule is O=C1C(=CC=C2N(c3ccccc3C(F)(F)F)c3nc4ccccc4nc3N2c2ccccc2C(F)(F)F)C(=O)c2c1c1ccccc1c1ccccc21. The second kappa shape index (κ2) is 11.9. The third-order valence-corrected chi connectivity index (χ3v) is 9.59. The van der Waals surface area contributed by atoms with Gasteiger partial charge in [0.15, 0.2) is 23.2 Å². The van der Waals surface area contributed by atoms with Gasteiger partial charge in [0, 0.05) is 11.1 Å². The zero-order valence-electron chi connectivity index (χ0n) is 27.6. The normalized spacial score (nSPS) is 14.4. The van der Waals surface area contributed by atoms with Crippen LogP contribution in [0.3, 0.4) is 0 Å². The molecule has 264 valence electrons. The summed E-state index contributed by atoms with van der Waals surface area (Å²) in [7, 11) is 0. The van der Waals surface area contributed by atoms with E-state index in [-0.39, 0.29) is 45.2 Å². The molecule has 1 aromatic heterocycles. The number of benzene rings is 6. The van der Waals surface area contributed by atoms with Crippen molar-refractivity contribution in [3.8, 4) is 0 Å². The Bertz CT molecular complexity index is 2640. The zero-order chi connectivity index (χ0) is 37.5. The van der Waals surface area contributed by atoms with Gasteiger partial charge in [-0.05, 0) is 70.1 Å². The molecule has 0 saturated heterocycles. The summed E-state index contributed by atoms with van der Waals surface area (Å²) in [6, 6.07) is 29.8. The topological polar surface area (TPSA) is 66.4 Å². The molecule has 1 aliphatic carbocycles. The highest BCUT2D eigenvalue weighted by atomic mass is 19.4. The number of rotatable bonds is 3. The highest BCUT2D eigenvalue weighted by molar-refractivity contribution is 6.46. The molecule has 0 saturated carbocycles. The molecule has 9 rings (SSSR count). The number of alkyl halides is 6. The molecular formula is C42H22F6N4O2. The Morgan fingerprint density at radius 3 is 1.26 bits per heavy atom. The minimum atomic E-state index is -4.90. The first-order chi connectivity index (χ1) is 25.9. The van der Waals surface area contributed by atoms with Gasteiger partial charge in [0.05, 0.1) is 39.1 Å². The number of allylic oxidation sites excluding steroid dienone is 3. The lowest BCUT2D eigenvalue weighted by Gasteiger charge is -2.28. The molecule has 12 heteroatoms. The molecule has 0 bridgehead atoms. The van der Waals surface area contributed by atoms with Gasteiger partial charge >= 0.3 is 12.4 Å². The van der Waals surface area contributed by atoms with Crippen molar-refractivity contribution in [1.82, 2.24) is 9.97 Å². The molecule has 0 atom stereocenters. The lowest BCUT2D eigenvalue weighted by Crippen LogP contribution is -2.26. The molecule has 0 spiro atoms. The van der Waals surface area contributed by atoms with Gasteiger partial charge < -0.3 is 0 Å². The predicted octanol–water partition coefficient (Wildman–Crippen LogP) is 11.1. The van der Waals surface area contributed by atoms with Gasteiger partial charge in [-0.15, -0.1) is 0 Å². The molecule has 2 aliphatic rings. The molecule has 7 aromatic rings. The highest BCUT2D eigenvalue weighted by Crippen LogP contribution is 2.53. The number of para-hydroxylation sites is 4. The van der Waals surface area contributed by atoms with Crippen molar-refractivity contribution < 1.29 is 35.9 Å². The summed E-state index contributed by atoms with van der Waals surface area (Å²) in [5, 5.41) is 2.56. The van der Waals surface area contributed by atoms with E-state index in [4.69, 9.17) is 0 Å². The Hall–Kier alpha value is -6.82. The third-order valence-electron chi connectivity index (χ3n) is 9.59. The maximum atomic E-state index is 14.7. The molecule has 6 nitrogen and oxygen atoms in total. The smallest absolute Gasteiger partial charge is 0.288 e. The van der Waals surface area contributed by atoms with Crippen LogP contribution in [0.5, 0.6) is 0 Å². The highest BCUT2D eigenvalue weighted by Gasteiger charge is 2.45. The first kappa shape index (κ1) is 33.0. The maximum Gasteiger partial charge on any atom is 0.418 e. The number of aromatic nitrogens is 2. The van der Waals surface area contributed by atoms with Gasteiger partial charge in [0.2, 0.25) is 0 Å². The molecule has 0 fully saturated rings. The Balaban J connectivity index is 1.34. The summed E-state index contributed by atoms with van der Waals surface area (Å²) in [5.74, 6) is -1.94. The third kappa shape index (κ3) is 4.97. The average molecular weight is 729 g/mol. The van der Waals surface area contributed by atoms with E-state index in [0.29, 0.717) is 10.8 Å². The van der Waals surface area contributed by atoms with Crippen molar-refractivity contribution in [2.45, 2.75) is 12.4 Å². The molecule has 0 amide bonds. The molecule has 54 heavy (non-hydrogen) atoms. The minimum absolute atomic E-state index is 0.168. The quantitative estimate of drug-likeness (QED) is 0.0781. The van der Waals surface area contributed by atoms with Crippen molar-refractivity contribution in [2.24, 2.45) is 0 Å².